The molecule has 0 radical (unpaired) electrons. The first-order valence-electron chi connectivity index (χ1n) is 4.28. The van der Waals surface area contributed by atoms with Crippen molar-refractivity contribution in [3.05, 3.63) is 22.2 Å². The number of hydrogen-bond acceptors (Lipinski definition) is 3. The van der Waals surface area contributed by atoms with Crippen LogP contribution in [0.25, 0.3) is 0 Å². The summed E-state index contributed by atoms with van der Waals surface area (Å²) in [6.45, 7) is 0.793. The Morgan fingerprint density at radius 2 is 1.93 bits per heavy atom. The third-order valence-electron chi connectivity index (χ3n) is 1.93. The molecule has 0 amide bonds. The van der Waals surface area contributed by atoms with Crippen LogP contribution < -0.4 is 14.8 Å². The summed E-state index contributed by atoms with van der Waals surface area (Å²) in [6.07, 6.45) is 0. The molecule has 0 spiro atoms. The van der Waals surface area contributed by atoms with Gasteiger partial charge in [0.05, 0.1) is 18.7 Å². The number of halogens is 2. The van der Waals surface area contributed by atoms with Gasteiger partial charge in [0, 0.05) is 6.54 Å². The van der Waals surface area contributed by atoms with E-state index in [9.17, 15) is 0 Å². The maximum absolute atomic E-state index is 5.25. The number of hydrogen-bond donors (Lipinski definition) is 1. The van der Waals surface area contributed by atoms with E-state index >= 15 is 0 Å². The van der Waals surface area contributed by atoms with Gasteiger partial charge in [-0.2, -0.15) is 0 Å². The lowest BCUT2D eigenvalue weighted by atomic mass is 10.2. The second-order valence-corrected chi connectivity index (χ2v) is 3.60. The monoisotopic (exact) mass is 295 g/mol. The number of rotatable bonds is 4. The van der Waals surface area contributed by atoms with Crippen LogP contribution in [-0.4, -0.2) is 21.3 Å². The Balaban J connectivity index is 0.00000196. The van der Waals surface area contributed by atoms with E-state index in [0.29, 0.717) is 0 Å². The second-order valence-electron chi connectivity index (χ2n) is 2.80. The van der Waals surface area contributed by atoms with Gasteiger partial charge in [0.2, 0.25) is 0 Å². The Labute approximate surface area is 105 Å². The molecule has 0 heterocycles. The summed E-state index contributed by atoms with van der Waals surface area (Å²) in [7, 11) is 5.16. The Hall–Kier alpha value is -0.450. The fraction of sp³-hybridized carbons (Fsp3) is 0.400. The fourth-order valence-electron chi connectivity index (χ4n) is 1.26. The lowest BCUT2D eigenvalue weighted by Crippen LogP contribution is -2.06. The van der Waals surface area contributed by atoms with Crippen LogP contribution in [0.3, 0.4) is 0 Å². The average molecular weight is 297 g/mol. The summed E-state index contributed by atoms with van der Waals surface area (Å²) >= 11 is 3.49. The Kier molecular flexibility index (Phi) is 6.72. The van der Waals surface area contributed by atoms with Crippen molar-refractivity contribution >= 4 is 28.3 Å². The van der Waals surface area contributed by atoms with Gasteiger partial charge in [-0.3, -0.25) is 0 Å². The standard InChI is InChI=1S/C10H14BrNO2.ClH/c1-12-6-7-4-5-8(13-2)10(14-3)9(7)11;/h4-5,12H,6H2,1-3H3;1H. The maximum Gasteiger partial charge on any atom is 0.175 e. The molecule has 0 saturated heterocycles. The van der Waals surface area contributed by atoms with E-state index in [1.54, 1.807) is 14.2 Å². The van der Waals surface area contributed by atoms with Gasteiger partial charge in [-0.1, -0.05) is 6.07 Å². The van der Waals surface area contributed by atoms with Crippen molar-refractivity contribution in [2.45, 2.75) is 6.54 Å². The van der Waals surface area contributed by atoms with Crippen molar-refractivity contribution in [2.24, 2.45) is 0 Å². The third kappa shape index (κ3) is 3.26. The maximum atomic E-state index is 5.25. The zero-order valence-corrected chi connectivity index (χ0v) is 11.4. The molecule has 0 unspecified atom stereocenters. The highest BCUT2D eigenvalue weighted by atomic mass is 79.9. The minimum Gasteiger partial charge on any atom is -0.493 e. The van der Waals surface area contributed by atoms with Crippen LogP contribution in [0, 0.1) is 0 Å². The van der Waals surface area contributed by atoms with Crippen molar-refractivity contribution in [2.75, 3.05) is 21.3 Å². The molecule has 1 aromatic carbocycles. The minimum absolute atomic E-state index is 0. The highest BCUT2D eigenvalue weighted by Gasteiger charge is 2.11. The summed E-state index contributed by atoms with van der Waals surface area (Å²) < 4.78 is 11.4. The van der Waals surface area contributed by atoms with Gasteiger partial charge >= 0.3 is 0 Å². The van der Waals surface area contributed by atoms with E-state index < -0.39 is 0 Å². The van der Waals surface area contributed by atoms with Gasteiger partial charge in [0.1, 0.15) is 0 Å². The van der Waals surface area contributed by atoms with Crippen molar-refractivity contribution in [1.29, 1.82) is 0 Å². The molecule has 0 saturated carbocycles. The fourth-order valence-corrected chi connectivity index (χ4v) is 1.89. The minimum atomic E-state index is 0. The van der Waals surface area contributed by atoms with Crippen molar-refractivity contribution in [1.82, 2.24) is 5.32 Å². The van der Waals surface area contributed by atoms with Crippen LogP contribution in [0.2, 0.25) is 0 Å². The normalized spacial score (nSPS) is 9.33. The number of nitrogens with one attached hydrogen (secondary N) is 1. The predicted molar refractivity (Wildman–Crippen MR) is 67.3 cm³/mol. The first-order valence-corrected chi connectivity index (χ1v) is 5.07. The topological polar surface area (TPSA) is 30.5 Å². The lowest BCUT2D eigenvalue weighted by molar-refractivity contribution is 0.352. The average Bonchev–Trinajstić information content (AvgIpc) is 2.21. The van der Waals surface area contributed by atoms with Crippen molar-refractivity contribution in [3.63, 3.8) is 0 Å². The van der Waals surface area contributed by atoms with Gasteiger partial charge < -0.3 is 14.8 Å². The molecule has 1 rings (SSSR count). The molecule has 0 aliphatic rings. The van der Waals surface area contributed by atoms with E-state index in [-0.39, 0.29) is 12.4 Å². The molecule has 0 aliphatic carbocycles. The first kappa shape index (κ1) is 14.5. The molecule has 0 aromatic heterocycles. The molecule has 5 heteroatoms. The van der Waals surface area contributed by atoms with Crippen LogP contribution in [0.5, 0.6) is 11.5 Å². The number of ether oxygens (including phenoxy) is 2. The van der Waals surface area contributed by atoms with Gasteiger partial charge in [-0.05, 0) is 34.6 Å². The Bertz CT molecular complexity index is 321. The molecule has 0 fully saturated rings. The largest absolute Gasteiger partial charge is 0.493 e. The third-order valence-corrected chi connectivity index (χ3v) is 2.80. The van der Waals surface area contributed by atoms with Gasteiger partial charge in [0.15, 0.2) is 11.5 Å². The molecule has 3 nitrogen and oxygen atoms in total. The molecule has 1 N–H and O–H groups in total. The van der Waals surface area contributed by atoms with Gasteiger partial charge in [0.25, 0.3) is 0 Å². The van der Waals surface area contributed by atoms with Crippen molar-refractivity contribution in [3.8, 4) is 11.5 Å². The Morgan fingerprint density at radius 3 is 2.40 bits per heavy atom. The van der Waals surface area contributed by atoms with Crippen LogP contribution in [0.15, 0.2) is 16.6 Å². The summed E-state index contributed by atoms with van der Waals surface area (Å²) in [6, 6.07) is 3.90. The molecule has 86 valence electrons. The molecule has 0 bridgehead atoms. The highest BCUT2D eigenvalue weighted by Crippen LogP contribution is 2.37. The van der Waals surface area contributed by atoms with Crippen molar-refractivity contribution < 1.29 is 9.47 Å². The van der Waals surface area contributed by atoms with E-state index in [1.165, 1.54) is 0 Å². The molecule has 1 aromatic rings. The van der Waals surface area contributed by atoms with E-state index in [1.807, 2.05) is 19.2 Å². The lowest BCUT2D eigenvalue weighted by Gasteiger charge is -2.12. The second kappa shape index (κ2) is 6.93. The highest BCUT2D eigenvalue weighted by molar-refractivity contribution is 9.10. The number of benzene rings is 1. The van der Waals surface area contributed by atoms with Crippen LogP contribution in [-0.2, 0) is 6.54 Å². The smallest absolute Gasteiger partial charge is 0.175 e. The zero-order chi connectivity index (χ0) is 10.6. The molecule has 15 heavy (non-hydrogen) atoms. The summed E-state index contributed by atoms with van der Waals surface area (Å²) in [4.78, 5) is 0. The Morgan fingerprint density at radius 1 is 1.27 bits per heavy atom. The summed E-state index contributed by atoms with van der Waals surface area (Å²) in [5.41, 5.74) is 1.14. The van der Waals surface area contributed by atoms with Gasteiger partial charge in [-0.25, -0.2) is 0 Å². The van der Waals surface area contributed by atoms with Crippen LogP contribution in [0.1, 0.15) is 5.56 Å². The van der Waals surface area contributed by atoms with Crippen LogP contribution >= 0.6 is 28.3 Å². The quantitative estimate of drug-likeness (QED) is 0.926. The van der Waals surface area contributed by atoms with Crippen LogP contribution in [0.4, 0.5) is 0 Å². The summed E-state index contributed by atoms with van der Waals surface area (Å²) in [5.74, 6) is 1.47. The summed E-state index contributed by atoms with van der Waals surface area (Å²) in [5, 5.41) is 3.09. The van der Waals surface area contributed by atoms with Gasteiger partial charge in [-0.15, -0.1) is 12.4 Å². The molecule has 0 atom stereocenters. The SMILES string of the molecule is CNCc1ccc(OC)c(OC)c1Br.Cl. The van der Waals surface area contributed by atoms with E-state index in [4.69, 9.17) is 9.47 Å². The number of methoxy groups -OCH3 is 2. The van der Waals surface area contributed by atoms with E-state index in [0.717, 1.165) is 28.1 Å². The molecule has 0 aliphatic heterocycles. The predicted octanol–water partition coefficient (Wildman–Crippen LogP) is 2.61. The zero-order valence-electron chi connectivity index (χ0n) is 8.96. The van der Waals surface area contributed by atoms with E-state index in [2.05, 4.69) is 21.2 Å². The molecular formula is C10H15BrClNO2. The first-order chi connectivity index (χ1) is 6.74. The molecular weight excluding hydrogens is 281 g/mol.